The van der Waals surface area contributed by atoms with Crippen molar-refractivity contribution in [1.82, 2.24) is 15.5 Å². The standard InChI is InChI=1S/C17H21N5O3/c1-11(2)16(18)17(24)19-10-14(23)21-12-5-3-6-13(9-12)25-15-7-4-8-20-22-15/h3-9,11,16H,10,18H2,1-2H3,(H,19,24)(H,21,23)/t16-/m0/s1. The van der Waals surface area contributed by atoms with Crippen molar-refractivity contribution >= 4 is 17.5 Å². The predicted molar refractivity (Wildman–Crippen MR) is 93.0 cm³/mol. The minimum absolute atomic E-state index is 0.00187. The Labute approximate surface area is 145 Å². The number of rotatable bonds is 7. The monoisotopic (exact) mass is 343 g/mol. The third-order valence-corrected chi connectivity index (χ3v) is 3.33. The second kappa shape index (κ2) is 8.74. The van der Waals surface area contributed by atoms with Crippen LogP contribution in [0.25, 0.3) is 0 Å². The van der Waals surface area contributed by atoms with Crippen LogP contribution in [-0.2, 0) is 9.59 Å². The number of carbonyl (C=O) groups excluding carboxylic acids is 2. The molecule has 25 heavy (non-hydrogen) atoms. The third-order valence-electron chi connectivity index (χ3n) is 3.33. The molecule has 0 saturated heterocycles. The van der Waals surface area contributed by atoms with E-state index in [9.17, 15) is 9.59 Å². The van der Waals surface area contributed by atoms with E-state index >= 15 is 0 Å². The van der Waals surface area contributed by atoms with E-state index in [-0.39, 0.29) is 24.3 Å². The van der Waals surface area contributed by atoms with E-state index in [0.29, 0.717) is 17.3 Å². The number of carbonyl (C=O) groups is 2. The van der Waals surface area contributed by atoms with Gasteiger partial charge in [0.05, 0.1) is 12.6 Å². The highest BCUT2D eigenvalue weighted by molar-refractivity contribution is 5.95. The van der Waals surface area contributed by atoms with Crippen LogP contribution < -0.4 is 21.1 Å². The Hall–Kier alpha value is -3.00. The van der Waals surface area contributed by atoms with Gasteiger partial charge in [-0.3, -0.25) is 9.59 Å². The van der Waals surface area contributed by atoms with Crippen LogP contribution in [0.1, 0.15) is 13.8 Å². The van der Waals surface area contributed by atoms with Crippen molar-refractivity contribution in [3.05, 3.63) is 42.6 Å². The van der Waals surface area contributed by atoms with Crippen LogP contribution in [-0.4, -0.2) is 34.6 Å². The van der Waals surface area contributed by atoms with Crippen molar-refractivity contribution in [2.45, 2.75) is 19.9 Å². The number of ether oxygens (including phenoxy) is 1. The van der Waals surface area contributed by atoms with E-state index in [2.05, 4.69) is 20.8 Å². The fraction of sp³-hybridized carbons (Fsp3) is 0.294. The van der Waals surface area contributed by atoms with Gasteiger partial charge in [0, 0.05) is 24.0 Å². The minimum atomic E-state index is -0.642. The number of nitrogens with one attached hydrogen (secondary N) is 2. The Balaban J connectivity index is 1.89. The highest BCUT2D eigenvalue weighted by Crippen LogP contribution is 2.22. The molecule has 2 amide bonds. The first-order valence-electron chi connectivity index (χ1n) is 7.84. The van der Waals surface area contributed by atoms with Gasteiger partial charge in [-0.2, -0.15) is 5.10 Å². The zero-order chi connectivity index (χ0) is 18.2. The predicted octanol–water partition coefficient (Wildman–Crippen LogP) is 1.31. The molecule has 4 N–H and O–H groups in total. The van der Waals surface area contributed by atoms with Gasteiger partial charge in [0.1, 0.15) is 5.75 Å². The number of aromatic nitrogens is 2. The van der Waals surface area contributed by atoms with E-state index in [1.807, 2.05) is 13.8 Å². The number of amides is 2. The fourth-order valence-corrected chi connectivity index (χ4v) is 1.89. The largest absolute Gasteiger partial charge is 0.437 e. The molecule has 2 aromatic rings. The normalized spacial score (nSPS) is 11.7. The highest BCUT2D eigenvalue weighted by atomic mass is 16.5. The van der Waals surface area contributed by atoms with Gasteiger partial charge in [0.2, 0.25) is 17.7 Å². The maximum atomic E-state index is 11.9. The summed E-state index contributed by atoms with van der Waals surface area (Å²) in [5.74, 6) is 0.133. The number of anilines is 1. The van der Waals surface area contributed by atoms with E-state index in [1.165, 1.54) is 0 Å². The van der Waals surface area contributed by atoms with Crippen LogP contribution in [0.4, 0.5) is 5.69 Å². The summed E-state index contributed by atoms with van der Waals surface area (Å²) in [4.78, 5) is 23.7. The summed E-state index contributed by atoms with van der Waals surface area (Å²) in [5, 5.41) is 12.7. The Kier molecular flexibility index (Phi) is 6.41. The molecule has 0 bridgehead atoms. The molecule has 0 saturated carbocycles. The van der Waals surface area contributed by atoms with Gasteiger partial charge in [-0.1, -0.05) is 19.9 Å². The average molecular weight is 343 g/mol. The summed E-state index contributed by atoms with van der Waals surface area (Å²) in [6.07, 6.45) is 1.54. The molecule has 132 valence electrons. The first kappa shape index (κ1) is 18.3. The average Bonchev–Trinajstić information content (AvgIpc) is 2.60. The number of nitrogens with zero attached hydrogens (tertiary/aromatic N) is 2. The summed E-state index contributed by atoms with van der Waals surface area (Å²) < 4.78 is 5.55. The maximum absolute atomic E-state index is 11.9. The molecule has 0 radical (unpaired) electrons. The van der Waals surface area contributed by atoms with Gasteiger partial charge in [-0.15, -0.1) is 5.10 Å². The summed E-state index contributed by atoms with van der Waals surface area (Å²) >= 11 is 0. The molecule has 0 aliphatic heterocycles. The van der Waals surface area contributed by atoms with Gasteiger partial charge in [-0.05, 0) is 24.1 Å². The Bertz CT molecular complexity index is 721. The van der Waals surface area contributed by atoms with E-state index in [1.54, 1.807) is 42.6 Å². The molecule has 8 nitrogen and oxygen atoms in total. The summed E-state index contributed by atoms with van der Waals surface area (Å²) in [6, 6.07) is 9.56. The SMILES string of the molecule is CC(C)[C@H](N)C(=O)NCC(=O)Nc1cccc(Oc2cccnn2)c1. The summed E-state index contributed by atoms with van der Waals surface area (Å²) in [6.45, 7) is 3.52. The van der Waals surface area contributed by atoms with Crippen molar-refractivity contribution in [1.29, 1.82) is 0 Å². The maximum Gasteiger partial charge on any atom is 0.243 e. The van der Waals surface area contributed by atoms with E-state index in [0.717, 1.165) is 0 Å². The molecule has 0 fully saturated rings. The third kappa shape index (κ3) is 5.85. The Morgan fingerprint density at radius 2 is 2.04 bits per heavy atom. The number of nitrogens with two attached hydrogens (primary N) is 1. The first-order chi connectivity index (χ1) is 12.0. The fourth-order valence-electron chi connectivity index (χ4n) is 1.89. The molecule has 2 rings (SSSR count). The quantitative estimate of drug-likeness (QED) is 0.697. The van der Waals surface area contributed by atoms with Crippen molar-refractivity contribution in [2.24, 2.45) is 11.7 Å². The van der Waals surface area contributed by atoms with Crippen LogP contribution in [0, 0.1) is 5.92 Å². The lowest BCUT2D eigenvalue weighted by molar-refractivity contribution is -0.125. The van der Waals surface area contributed by atoms with Gasteiger partial charge in [0.15, 0.2) is 0 Å². The number of hydrogen-bond donors (Lipinski definition) is 3. The summed E-state index contributed by atoms with van der Waals surface area (Å²) in [7, 11) is 0. The van der Waals surface area contributed by atoms with Crippen molar-refractivity contribution in [3.8, 4) is 11.6 Å². The van der Waals surface area contributed by atoms with Gasteiger partial charge < -0.3 is 21.1 Å². The van der Waals surface area contributed by atoms with Crippen molar-refractivity contribution < 1.29 is 14.3 Å². The molecule has 8 heteroatoms. The molecule has 0 spiro atoms. The second-order valence-electron chi connectivity index (χ2n) is 5.73. The second-order valence-corrected chi connectivity index (χ2v) is 5.73. The lowest BCUT2D eigenvalue weighted by Gasteiger charge is -2.15. The van der Waals surface area contributed by atoms with Crippen LogP contribution in [0.15, 0.2) is 42.6 Å². The van der Waals surface area contributed by atoms with Crippen LogP contribution in [0.5, 0.6) is 11.6 Å². The zero-order valence-corrected chi connectivity index (χ0v) is 14.1. The highest BCUT2D eigenvalue weighted by Gasteiger charge is 2.17. The molecule has 0 aliphatic carbocycles. The Morgan fingerprint density at radius 3 is 2.72 bits per heavy atom. The lowest BCUT2D eigenvalue weighted by atomic mass is 10.1. The molecule has 1 atom stereocenters. The molecule has 1 aromatic heterocycles. The van der Waals surface area contributed by atoms with Crippen LogP contribution in [0.2, 0.25) is 0 Å². The molecule has 1 aromatic carbocycles. The van der Waals surface area contributed by atoms with Crippen LogP contribution >= 0.6 is 0 Å². The van der Waals surface area contributed by atoms with Crippen molar-refractivity contribution in [2.75, 3.05) is 11.9 Å². The van der Waals surface area contributed by atoms with Crippen LogP contribution in [0.3, 0.4) is 0 Å². The molecule has 0 unspecified atom stereocenters. The molecule has 1 heterocycles. The number of hydrogen-bond acceptors (Lipinski definition) is 6. The van der Waals surface area contributed by atoms with Crippen molar-refractivity contribution in [3.63, 3.8) is 0 Å². The zero-order valence-electron chi connectivity index (χ0n) is 14.1. The minimum Gasteiger partial charge on any atom is -0.437 e. The molecular weight excluding hydrogens is 322 g/mol. The van der Waals surface area contributed by atoms with E-state index < -0.39 is 6.04 Å². The van der Waals surface area contributed by atoms with Gasteiger partial charge >= 0.3 is 0 Å². The molecular formula is C17H21N5O3. The first-order valence-corrected chi connectivity index (χ1v) is 7.84. The van der Waals surface area contributed by atoms with Gasteiger partial charge in [0.25, 0.3) is 0 Å². The number of benzene rings is 1. The van der Waals surface area contributed by atoms with Gasteiger partial charge in [-0.25, -0.2) is 0 Å². The van der Waals surface area contributed by atoms with E-state index in [4.69, 9.17) is 10.5 Å². The summed E-state index contributed by atoms with van der Waals surface area (Å²) in [5.41, 5.74) is 6.26. The lowest BCUT2D eigenvalue weighted by Crippen LogP contribution is -2.46. The molecule has 0 aliphatic rings. The Morgan fingerprint density at radius 1 is 1.24 bits per heavy atom. The topological polar surface area (TPSA) is 119 Å². The smallest absolute Gasteiger partial charge is 0.243 e.